The zero-order chi connectivity index (χ0) is 11.6. The summed E-state index contributed by atoms with van der Waals surface area (Å²) in [6.45, 7) is 2.88. The molecule has 1 atom stereocenters. The molecule has 0 aliphatic carbocycles. The lowest BCUT2D eigenvalue weighted by Crippen LogP contribution is -2.17. The molecule has 0 unspecified atom stereocenters. The minimum absolute atomic E-state index is 0.126. The lowest BCUT2D eigenvalue weighted by atomic mass is 9.99. The van der Waals surface area contributed by atoms with Gasteiger partial charge in [-0.3, -0.25) is 0 Å². The molecule has 0 aromatic heterocycles. The molecule has 0 radical (unpaired) electrons. The van der Waals surface area contributed by atoms with E-state index in [9.17, 15) is 13.2 Å². The van der Waals surface area contributed by atoms with Crippen molar-refractivity contribution in [1.82, 2.24) is 0 Å². The van der Waals surface area contributed by atoms with Crippen molar-refractivity contribution in [3.8, 4) is 0 Å². The Balaban J connectivity index is 3.27. The van der Waals surface area contributed by atoms with E-state index >= 15 is 0 Å². The van der Waals surface area contributed by atoms with Crippen LogP contribution >= 0.6 is 0 Å². The van der Waals surface area contributed by atoms with Crippen LogP contribution in [0.5, 0.6) is 0 Å². The first-order chi connectivity index (χ1) is 6.90. The van der Waals surface area contributed by atoms with Gasteiger partial charge in [0.15, 0.2) is 0 Å². The van der Waals surface area contributed by atoms with Gasteiger partial charge < -0.3 is 5.73 Å². The van der Waals surface area contributed by atoms with E-state index < -0.39 is 29.8 Å². The van der Waals surface area contributed by atoms with Gasteiger partial charge in [-0.15, -0.1) is 0 Å². The first-order valence-corrected chi connectivity index (χ1v) is 4.82. The lowest BCUT2D eigenvalue weighted by Gasteiger charge is -2.18. The van der Waals surface area contributed by atoms with Crippen molar-refractivity contribution in [2.24, 2.45) is 5.73 Å². The first-order valence-electron chi connectivity index (χ1n) is 4.82. The molecule has 1 aromatic carbocycles. The third-order valence-corrected chi connectivity index (χ3v) is 2.36. The number of nitrogens with two attached hydrogens (primary N) is 1. The molecule has 1 aromatic rings. The molecule has 0 saturated carbocycles. The summed E-state index contributed by atoms with van der Waals surface area (Å²) >= 11 is 0. The average Bonchev–Trinajstić information content (AvgIpc) is 2.17. The number of alkyl halides is 2. The van der Waals surface area contributed by atoms with E-state index in [1.165, 1.54) is 19.1 Å². The SMILES string of the molecule is CCC(F)(F)c1cccc([C@@H](C)N)c1F. The molecule has 0 aliphatic heterocycles. The molecule has 0 saturated heterocycles. The maximum atomic E-state index is 13.6. The lowest BCUT2D eigenvalue weighted by molar-refractivity contribution is -0.0119. The Morgan fingerprint density at radius 3 is 2.47 bits per heavy atom. The maximum absolute atomic E-state index is 13.6. The zero-order valence-electron chi connectivity index (χ0n) is 8.73. The standard InChI is InChI=1S/C11H14F3N/c1-3-11(13,14)9-6-4-5-8(7(2)15)10(9)12/h4-7H,3,15H2,1-2H3/t7-/m1/s1. The fraction of sp³-hybridized carbons (Fsp3) is 0.455. The van der Waals surface area contributed by atoms with Crippen LogP contribution in [0.1, 0.15) is 37.4 Å². The molecule has 0 aliphatic rings. The molecule has 0 spiro atoms. The van der Waals surface area contributed by atoms with E-state index in [-0.39, 0.29) is 5.56 Å². The Morgan fingerprint density at radius 2 is 2.00 bits per heavy atom. The number of hydrogen-bond donors (Lipinski definition) is 1. The molecule has 1 rings (SSSR count). The van der Waals surface area contributed by atoms with Crippen molar-refractivity contribution in [2.75, 3.05) is 0 Å². The van der Waals surface area contributed by atoms with Crippen LogP contribution in [0.3, 0.4) is 0 Å². The normalized spacial score (nSPS) is 14.0. The minimum atomic E-state index is -3.13. The largest absolute Gasteiger partial charge is 0.324 e. The fourth-order valence-corrected chi connectivity index (χ4v) is 1.37. The first kappa shape index (κ1) is 12.0. The van der Waals surface area contributed by atoms with Gasteiger partial charge in [0.05, 0.1) is 5.56 Å². The molecule has 84 valence electrons. The second-order valence-corrected chi connectivity index (χ2v) is 3.56. The Hall–Kier alpha value is -1.03. The van der Waals surface area contributed by atoms with E-state index in [1.54, 1.807) is 6.92 Å². The molecule has 1 nitrogen and oxygen atoms in total. The number of halogens is 3. The molecule has 0 heterocycles. The monoisotopic (exact) mass is 217 g/mol. The van der Waals surface area contributed by atoms with Gasteiger partial charge >= 0.3 is 0 Å². The highest BCUT2D eigenvalue weighted by Crippen LogP contribution is 2.34. The van der Waals surface area contributed by atoms with Crippen LogP contribution in [-0.2, 0) is 5.92 Å². The summed E-state index contributed by atoms with van der Waals surface area (Å²) in [5.41, 5.74) is 5.04. The minimum Gasteiger partial charge on any atom is -0.324 e. The van der Waals surface area contributed by atoms with E-state index in [0.29, 0.717) is 0 Å². The zero-order valence-corrected chi connectivity index (χ0v) is 8.73. The third kappa shape index (κ3) is 2.31. The predicted octanol–water partition coefficient (Wildman–Crippen LogP) is 3.35. The van der Waals surface area contributed by atoms with Crippen LogP contribution in [0.25, 0.3) is 0 Å². The summed E-state index contributed by atoms with van der Waals surface area (Å²) in [6.07, 6.45) is -0.424. The molecule has 0 fully saturated rings. The second kappa shape index (κ2) is 4.23. The van der Waals surface area contributed by atoms with E-state index in [4.69, 9.17) is 5.73 Å². The van der Waals surface area contributed by atoms with Gasteiger partial charge in [0, 0.05) is 18.0 Å². The van der Waals surface area contributed by atoms with Gasteiger partial charge in [0.1, 0.15) is 5.82 Å². The van der Waals surface area contributed by atoms with Crippen LogP contribution < -0.4 is 5.73 Å². The van der Waals surface area contributed by atoms with Crippen molar-refractivity contribution in [2.45, 2.75) is 32.2 Å². The summed E-state index contributed by atoms with van der Waals surface area (Å²) in [5.74, 6) is -4.02. The van der Waals surface area contributed by atoms with Gasteiger partial charge in [-0.05, 0) is 6.92 Å². The third-order valence-electron chi connectivity index (χ3n) is 2.36. The quantitative estimate of drug-likeness (QED) is 0.825. The van der Waals surface area contributed by atoms with Gasteiger partial charge in [-0.1, -0.05) is 25.1 Å². The van der Waals surface area contributed by atoms with E-state index in [1.807, 2.05) is 0 Å². The van der Waals surface area contributed by atoms with Crippen LogP contribution in [0.4, 0.5) is 13.2 Å². The Bertz CT molecular complexity index is 348. The second-order valence-electron chi connectivity index (χ2n) is 3.56. The molecule has 2 N–H and O–H groups in total. The fourth-order valence-electron chi connectivity index (χ4n) is 1.37. The number of hydrogen-bond acceptors (Lipinski definition) is 1. The Morgan fingerprint density at radius 1 is 1.40 bits per heavy atom. The maximum Gasteiger partial charge on any atom is 0.275 e. The highest BCUT2D eigenvalue weighted by Gasteiger charge is 2.33. The Kier molecular flexibility index (Phi) is 3.39. The van der Waals surface area contributed by atoms with Crippen LogP contribution in [0, 0.1) is 5.82 Å². The highest BCUT2D eigenvalue weighted by molar-refractivity contribution is 5.30. The van der Waals surface area contributed by atoms with Crippen LogP contribution in [0.2, 0.25) is 0 Å². The number of benzene rings is 1. The Labute approximate surface area is 87.1 Å². The molecule has 4 heteroatoms. The molecular weight excluding hydrogens is 203 g/mol. The highest BCUT2D eigenvalue weighted by atomic mass is 19.3. The van der Waals surface area contributed by atoms with Gasteiger partial charge in [0.2, 0.25) is 0 Å². The topological polar surface area (TPSA) is 26.0 Å². The van der Waals surface area contributed by atoms with Crippen LogP contribution in [-0.4, -0.2) is 0 Å². The van der Waals surface area contributed by atoms with E-state index in [2.05, 4.69) is 0 Å². The summed E-state index contributed by atoms with van der Waals surface area (Å²) < 4.78 is 40.3. The van der Waals surface area contributed by atoms with Crippen molar-refractivity contribution in [3.05, 3.63) is 35.1 Å². The molecular formula is C11H14F3N. The molecule has 0 bridgehead atoms. The summed E-state index contributed by atoms with van der Waals surface area (Å²) in [4.78, 5) is 0. The summed E-state index contributed by atoms with van der Waals surface area (Å²) in [5, 5.41) is 0. The van der Waals surface area contributed by atoms with Gasteiger partial charge in [-0.2, -0.15) is 0 Å². The van der Waals surface area contributed by atoms with Crippen LogP contribution in [0.15, 0.2) is 18.2 Å². The summed E-state index contributed by atoms with van der Waals surface area (Å²) in [6, 6.07) is 3.35. The van der Waals surface area contributed by atoms with Gasteiger partial charge in [0.25, 0.3) is 5.92 Å². The van der Waals surface area contributed by atoms with Crippen molar-refractivity contribution in [3.63, 3.8) is 0 Å². The van der Waals surface area contributed by atoms with Crippen molar-refractivity contribution < 1.29 is 13.2 Å². The number of rotatable bonds is 3. The summed E-state index contributed by atoms with van der Waals surface area (Å²) in [7, 11) is 0. The molecule has 15 heavy (non-hydrogen) atoms. The smallest absolute Gasteiger partial charge is 0.275 e. The average molecular weight is 217 g/mol. The van der Waals surface area contributed by atoms with Gasteiger partial charge in [-0.25, -0.2) is 13.2 Å². The van der Waals surface area contributed by atoms with E-state index in [0.717, 1.165) is 6.07 Å². The molecule has 0 amide bonds. The van der Waals surface area contributed by atoms with Crippen molar-refractivity contribution in [1.29, 1.82) is 0 Å². The van der Waals surface area contributed by atoms with Crippen molar-refractivity contribution >= 4 is 0 Å². The predicted molar refractivity (Wildman–Crippen MR) is 53.2 cm³/mol.